The maximum atomic E-state index is 12.9. The van der Waals surface area contributed by atoms with Gasteiger partial charge in [0, 0.05) is 19.6 Å². The highest BCUT2D eigenvalue weighted by Gasteiger charge is 2.22. The summed E-state index contributed by atoms with van der Waals surface area (Å²) >= 11 is 0. The Bertz CT molecular complexity index is 958. The van der Waals surface area contributed by atoms with E-state index in [9.17, 15) is 4.79 Å². The summed E-state index contributed by atoms with van der Waals surface area (Å²) in [6.07, 6.45) is 3.90. The molecule has 0 radical (unpaired) electrons. The van der Waals surface area contributed by atoms with Crippen LogP contribution in [0.5, 0.6) is 0 Å². The molecular weight excluding hydrogens is 352 g/mol. The van der Waals surface area contributed by atoms with Crippen LogP contribution in [0.2, 0.25) is 0 Å². The largest absolute Gasteiger partial charge is 0.370 e. The number of nitrogens with zero attached hydrogens (tertiary/aromatic N) is 5. The van der Waals surface area contributed by atoms with E-state index in [0.717, 1.165) is 36.9 Å². The number of aromatic nitrogens is 3. The van der Waals surface area contributed by atoms with E-state index in [0.29, 0.717) is 11.3 Å². The van der Waals surface area contributed by atoms with Gasteiger partial charge in [0.05, 0.1) is 11.4 Å². The van der Waals surface area contributed by atoms with Crippen LogP contribution in [-0.4, -0.2) is 59.1 Å². The number of carbonyl (C=O) groups excluding carboxylic acids is 1. The number of hydrogen-bond donors (Lipinski definition) is 1. The second-order valence-corrected chi connectivity index (χ2v) is 7.63. The second kappa shape index (κ2) is 7.98. The van der Waals surface area contributed by atoms with Crippen molar-refractivity contribution in [3.05, 3.63) is 54.5 Å². The van der Waals surface area contributed by atoms with Gasteiger partial charge in [-0.3, -0.25) is 9.20 Å². The van der Waals surface area contributed by atoms with Gasteiger partial charge in [-0.1, -0.05) is 18.2 Å². The summed E-state index contributed by atoms with van der Waals surface area (Å²) in [5, 5.41) is 11.0. The van der Waals surface area contributed by atoms with Crippen molar-refractivity contribution >= 4 is 22.9 Å². The van der Waals surface area contributed by atoms with E-state index in [1.54, 1.807) is 16.8 Å². The molecule has 1 aliphatic heterocycles. The molecule has 2 aromatic heterocycles. The third-order valence-electron chi connectivity index (χ3n) is 5.30. The fourth-order valence-electron chi connectivity index (χ4n) is 3.95. The monoisotopic (exact) mass is 378 g/mol. The van der Waals surface area contributed by atoms with Crippen LogP contribution in [0, 0.1) is 5.92 Å². The third-order valence-corrected chi connectivity index (χ3v) is 5.30. The van der Waals surface area contributed by atoms with E-state index < -0.39 is 0 Å². The van der Waals surface area contributed by atoms with Crippen LogP contribution in [0.1, 0.15) is 23.3 Å². The molecule has 1 fully saturated rings. The van der Waals surface area contributed by atoms with Crippen molar-refractivity contribution in [2.45, 2.75) is 12.8 Å². The Balaban J connectivity index is 1.51. The number of amides is 1. The summed E-state index contributed by atoms with van der Waals surface area (Å²) in [4.78, 5) is 17.6. The van der Waals surface area contributed by atoms with Crippen LogP contribution in [-0.2, 0) is 0 Å². The lowest BCUT2D eigenvalue weighted by Crippen LogP contribution is -2.37. The molecule has 1 aromatic carbocycles. The van der Waals surface area contributed by atoms with E-state index >= 15 is 0 Å². The molecule has 0 aliphatic carbocycles. The Morgan fingerprint density at radius 2 is 1.93 bits per heavy atom. The first-order valence-corrected chi connectivity index (χ1v) is 9.70. The van der Waals surface area contributed by atoms with Crippen LogP contribution in [0.4, 0.5) is 11.4 Å². The van der Waals surface area contributed by atoms with Gasteiger partial charge < -0.3 is 15.1 Å². The summed E-state index contributed by atoms with van der Waals surface area (Å²) in [7, 11) is 4.26. The zero-order chi connectivity index (χ0) is 19.5. The van der Waals surface area contributed by atoms with E-state index in [1.165, 1.54) is 12.8 Å². The standard InChI is InChI=1S/C21H26N6O/c1-25(2)14-16-10-12-26(13-11-16)18-7-4-3-6-17(18)23-21(28)19-8-5-9-20-24-22-15-27(19)20/h3-9,15-16H,10-14H2,1-2H3,(H,23,28). The van der Waals surface area contributed by atoms with Crippen molar-refractivity contribution in [2.75, 3.05) is 43.9 Å². The highest BCUT2D eigenvalue weighted by Crippen LogP contribution is 2.30. The smallest absolute Gasteiger partial charge is 0.272 e. The number of anilines is 2. The molecule has 0 saturated carbocycles. The molecule has 146 valence electrons. The van der Waals surface area contributed by atoms with Crippen molar-refractivity contribution in [3.63, 3.8) is 0 Å². The van der Waals surface area contributed by atoms with Crippen molar-refractivity contribution in [2.24, 2.45) is 5.92 Å². The first-order chi connectivity index (χ1) is 13.6. The zero-order valence-corrected chi connectivity index (χ0v) is 16.4. The Morgan fingerprint density at radius 3 is 2.71 bits per heavy atom. The molecule has 0 unspecified atom stereocenters. The molecule has 28 heavy (non-hydrogen) atoms. The number of para-hydroxylation sites is 2. The van der Waals surface area contributed by atoms with E-state index in [2.05, 4.69) is 45.5 Å². The van der Waals surface area contributed by atoms with Crippen LogP contribution in [0.25, 0.3) is 5.65 Å². The van der Waals surface area contributed by atoms with Gasteiger partial charge in [-0.05, 0) is 57.1 Å². The van der Waals surface area contributed by atoms with Gasteiger partial charge >= 0.3 is 0 Å². The van der Waals surface area contributed by atoms with E-state index in [1.807, 2.05) is 30.3 Å². The lowest BCUT2D eigenvalue weighted by Gasteiger charge is -2.35. The molecule has 4 rings (SSSR count). The zero-order valence-electron chi connectivity index (χ0n) is 16.4. The van der Waals surface area contributed by atoms with E-state index in [4.69, 9.17) is 0 Å². The summed E-state index contributed by atoms with van der Waals surface area (Å²) in [5.41, 5.74) is 3.09. The number of nitrogens with one attached hydrogen (secondary N) is 1. The Labute approximate surface area is 165 Å². The predicted molar refractivity (Wildman–Crippen MR) is 111 cm³/mol. The first-order valence-electron chi connectivity index (χ1n) is 9.70. The lowest BCUT2D eigenvalue weighted by atomic mass is 9.96. The molecule has 1 amide bonds. The number of pyridine rings is 1. The highest BCUT2D eigenvalue weighted by atomic mass is 16.1. The molecule has 3 heterocycles. The maximum absolute atomic E-state index is 12.9. The average Bonchev–Trinajstić information content (AvgIpc) is 3.17. The number of rotatable bonds is 5. The van der Waals surface area contributed by atoms with Crippen molar-refractivity contribution < 1.29 is 4.79 Å². The third kappa shape index (κ3) is 3.84. The molecule has 7 heteroatoms. The Kier molecular flexibility index (Phi) is 5.25. The topological polar surface area (TPSA) is 65.8 Å². The van der Waals surface area contributed by atoms with Gasteiger partial charge in [0.1, 0.15) is 12.0 Å². The first kappa shape index (κ1) is 18.4. The second-order valence-electron chi connectivity index (χ2n) is 7.63. The van der Waals surface area contributed by atoms with Gasteiger partial charge in [-0.2, -0.15) is 0 Å². The fourth-order valence-corrected chi connectivity index (χ4v) is 3.95. The summed E-state index contributed by atoms with van der Waals surface area (Å²) in [5.74, 6) is 0.569. The molecule has 1 aliphatic rings. The molecule has 0 atom stereocenters. The average molecular weight is 378 g/mol. The molecule has 3 aromatic rings. The summed E-state index contributed by atoms with van der Waals surface area (Å²) < 4.78 is 1.70. The molecule has 1 N–H and O–H groups in total. The van der Waals surface area contributed by atoms with Crippen LogP contribution in [0.15, 0.2) is 48.8 Å². The number of carbonyl (C=O) groups is 1. The summed E-state index contributed by atoms with van der Waals surface area (Å²) in [6.45, 7) is 3.15. The van der Waals surface area contributed by atoms with Crippen molar-refractivity contribution in [3.8, 4) is 0 Å². The maximum Gasteiger partial charge on any atom is 0.272 e. The van der Waals surface area contributed by atoms with Gasteiger partial charge in [0.25, 0.3) is 5.91 Å². The van der Waals surface area contributed by atoms with Crippen LogP contribution in [0.3, 0.4) is 0 Å². The minimum absolute atomic E-state index is 0.166. The van der Waals surface area contributed by atoms with Crippen molar-refractivity contribution in [1.82, 2.24) is 19.5 Å². The van der Waals surface area contributed by atoms with Gasteiger partial charge in [-0.25, -0.2) is 0 Å². The summed E-state index contributed by atoms with van der Waals surface area (Å²) in [6, 6.07) is 13.5. The minimum atomic E-state index is -0.166. The van der Waals surface area contributed by atoms with Gasteiger partial charge in [0.2, 0.25) is 0 Å². The minimum Gasteiger partial charge on any atom is -0.370 e. The predicted octanol–water partition coefficient (Wildman–Crippen LogP) is 2.76. The number of benzene rings is 1. The molecule has 0 spiro atoms. The fraction of sp³-hybridized carbons (Fsp3) is 0.381. The van der Waals surface area contributed by atoms with Gasteiger partial charge in [0.15, 0.2) is 5.65 Å². The quantitative estimate of drug-likeness (QED) is 0.740. The van der Waals surface area contributed by atoms with E-state index in [-0.39, 0.29) is 5.91 Å². The lowest BCUT2D eigenvalue weighted by molar-refractivity contribution is 0.102. The molecule has 0 bridgehead atoms. The Hall–Kier alpha value is -2.93. The number of piperidine rings is 1. The molecule has 1 saturated heterocycles. The van der Waals surface area contributed by atoms with Crippen LogP contribution < -0.4 is 10.2 Å². The number of fused-ring (bicyclic) bond motifs is 1. The van der Waals surface area contributed by atoms with Gasteiger partial charge in [-0.15, -0.1) is 10.2 Å². The van der Waals surface area contributed by atoms with Crippen molar-refractivity contribution in [1.29, 1.82) is 0 Å². The molecule has 7 nitrogen and oxygen atoms in total. The Morgan fingerprint density at radius 1 is 1.14 bits per heavy atom. The molecular formula is C21H26N6O. The highest BCUT2D eigenvalue weighted by molar-refractivity contribution is 6.05. The number of hydrogen-bond acceptors (Lipinski definition) is 5. The SMILES string of the molecule is CN(C)CC1CCN(c2ccccc2NC(=O)c2cccc3nncn23)CC1. The normalized spacial score (nSPS) is 15.3. The van der Waals surface area contributed by atoms with Crippen LogP contribution >= 0.6 is 0 Å².